The molecule has 108 valence electrons. The summed E-state index contributed by atoms with van der Waals surface area (Å²) in [7, 11) is 0. The Bertz CT molecular complexity index is 593. The van der Waals surface area contributed by atoms with E-state index in [1.54, 1.807) is 0 Å². The summed E-state index contributed by atoms with van der Waals surface area (Å²) in [6.45, 7) is -0.361. The molecule has 2 heterocycles. The van der Waals surface area contributed by atoms with Crippen molar-refractivity contribution in [2.24, 2.45) is 0 Å². The number of hydrogen-bond acceptors (Lipinski definition) is 3. The molecule has 0 bridgehead atoms. The van der Waals surface area contributed by atoms with E-state index in [4.69, 9.17) is 11.6 Å². The van der Waals surface area contributed by atoms with Crippen LogP contribution in [0.5, 0.6) is 0 Å². The topological polar surface area (TPSA) is 43.6 Å². The van der Waals surface area contributed by atoms with Crippen LogP contribution in [0, 0.1) is 0 Å². The Morgan fingerprint density at radius 2 is 1.80 bits per heavy atom. The summed E-state index contributed by atoms with van der Waals surface area (Å²) in [6.07, 6.45) is -5.01. The Hall–Kier alpha value is -1.77. The number of halogens is 6. The second-order valence-corrected chi connectivity index (χ2v) is 4.16. The Kier molecular flexibility index (Phi) is 3.89. The Labute approximate surface area is 114 Å². The maximum atomic E-state index is 12.7. The van der Waals surface area contributed by atoms with Crippen LogP contribution in [-0.2, 0) is 12.7 Å². The lowest BCUT2D eigenvalue weighted by Gasteiger charge is -2.05. The van der Waals surface area contributed by atoms with E-state index in [0.717, 1.165) is 0 Å². The fourth-order valence-corrected chi connectivity index (χ4v) is 1.54. The van der Waals surface area contributed by atoms with Crippen LogP contribution in [0.15, 0.2) is 18.6 Å². The van der Waals surface area contributed by atoms with Gasteiger partial charge in [-0.3, -0.25) is 0 Å². The normalized spacial score (nSPS) is 12.2. The van der Waals surface area contributed by atoms with Crippen molar-refractivity contribution >= 4 is 11.6 Å². The van der Waals surface area contributed by atoms with Crippen LogP contribution in [0.4, 0.5) is 22.0 Å². The molecule has 0 spiro atoms. The minimum Gasteiger partial charge on any atom is -0.322 e. The van der Waals surface area contributed by atoms with E-state index in [-0.39, 0.29) is 17.4 Å². The third kappa shape index (κ3) is 3.21. The molecule has 0 atom stereocenters. The van der Waals surface area contributed by atoms with Gasteiger partial charge < -0.3 is 4.57 Å². The van der Waals surface area contributed by atoms with E-state index in [1.807, 2.05) is 0 Å². The van der Waals surface area contributed by atoms with Crippen LogP contribution in [0.25, 0.3) is 0 Å². The van der Waals surface area contributed by atoms with E-state index in [0.29, 0.717) is 10.8 Å². The quantitative estimate of drug-likeness (QED) is 0.817. The van der Waals surface area contributed by atoms with E-state index in [1.165, 1.54) is 12.4 Å². The first kappa shape index (κ1) is 14.6. The molecule has 0 aliphatic heterocycles. The second-order valence-electron chi connectivity index (χ2n) is 3.73. The zero-order valence-electron chi connectivity index (χ0n) is 9.57. The van der Waals surface area contributed by atoms with Crippen LogP contribution in [-0.4, -0.2) is 19.5 Å². The molecule has 2 rings (SSSR count). The molecule has 0 unspecified atom stereocenters. The van der Waals surface area contributed by atoms with Crippen molar-refractivity contribution in [3.63, 3.8) is 0 Å². The first-order valence-corrected chi connectivity index (χ1v) is 5.54. The summed E-state index contributed by atoms with van der Waals surface area (Å²) >= 11 is 5.55. The smallest absolute Gasteiger partial charge is 0.322 e. The van der Waals surface area contributed by atoms with Crippen molar-refractivity contribution < 1.29 is 22.0 Å². The molecule has 0 saturated heterocycles. The average Bonchev–Trinajstić information content (AvgIpc) is 2.76. The Balaban J connectivity index is 2.35. The number of aromatic nitrogens is 4. The largest absolute Gasteiger partial charge is 0.434 e. The van der Waals surface area contributed by atoms with Crippen LogP contribution in [0.2, 0.25) is 5.02 Å². The molecule has 0 aliphatic carbocycles. The van der Waals surface area contributed by atoms with Crippen LogP contribution in [0.1, 0.15) is 23.8 Å². The molecule has 0 saturated carbocycles. The number of hydrogen-bond donors (Lipinski definition) is 0. The zero-order valence-corrected chi connectivity index (χ0v) is 10.3. The molecular formula is C10H6ClF5N4. The molecule has 0 N–H and O–H groups in total. The first-order chi connectivity index (χ1) is 9.27. The maximum absolute atomic E-state index is 12.7. The first-order valence-electron chi connectivity index (χ1n) is 5.16. The fourth-order valence-electron chi connectivity index (χ4n) is 1.44. The molecule has 0 amide bonds. The van der Waals surface area contributed by atoms with Crippen molar-refractivity contribution in [3.05, 3.63) is 41.0 Å². The number of alkyl halides is 5. The van der Waals surface area contributed by atoms with Gasteiger partial charge in [-0.15, -0.1) is 0 Å². The van der Waals surface area contributed by atoms with E-state index in [9.17, 15) is 22.0 Å². The van der Waals surface area contributed by atoms with Gasteiger partial charge in [-0.05, 0) is 0 Å². The van der Waals surface area contributed by atoms with Gasteiger partial charge >= 0.3 is 6.18 Å². The van der Waals surface area contributed by atoms with E-state index in [2.05, 4.69) is 15.0 Å². The molecule has 2 aromatic rings. The van der Waals surface area contributed by atoms with Crippen molar-refractivity contribution in [2.75, 3.05) is 0 Å². The predicted molar refractivity (Wildman–Crippen MR) is 58.3 cm³/mol. The molecule has 10 heteroatoms. The third-order valence-corrected chi connectivity index (χ3v) is 2.47. The van der Waals surface area contributed by atoms with Gasteiger partial charge in [-0.1, -0.05) is 11.6 Å². The summed E-state index contributed by atoms with van der Waals surface area (Å²) in [5, 5.41) is 0.226. The van der Waals surface area contributed by atoms with Gasteiger partial charge in [0.15, 0.2) is 11.5 Å². The zero-order chi connectivity index (χ0) is 14.9. The molecule has 0 aromatic carbocycles. The molecule has 0 fully saturated rings. The molecule has 4 nitrogen and oxygen atoms in total. The van der Waals surface area contributed by atoms with Gasteiger partial charge in [0.2, 0.25) is 0 Å². The summed E-state index contributed by atoms with van der Waals surface area (Å²) in [5.74, 6) is -0.946. The molecule has 20 heavy (non-hydrogen) atoms. The predicted octanol–water partition coefficient (Wildman–Crippen LogP) is 3.33. The summed E-state index contributed by atoms with van der Waals surface area (Å²) in [4.78, 5) is 10.4. The van der Waals surface area contributed by atoms with E-state index >= 15 is 0 Å². The lowest BCUT2D eigenvalue weighted by atomic mass is 10.4. The molecule has 0 aliphatic rings. The van der Waals surface area contributed by atoms with Crippen molar-refractivity contribution in [1.82, 2.24) is 19.5 Å². The van der Waals surface area contributed by atoms with Crippen molar-refractivity contribution in [3.8, 4) is 0 Å². The summed E-state index contributed by atoms with van der Waals surface area (Å²) in [5.41, 5.74) is -1.39. The fraction of sp³-hybridized carbons (Fsp3) is 0.300. The highest BCUT2D eigenvalue weighted by atomic mass is 35.5. The number of nitrogens with zero attached hydrogens (tertiary/aromatic N) is 4. The van der Waals surface area contributed by atoms with Crippen molar-refractivity contribution in [2.45, 2.75) is 19.1 Å². The van der Waals surface area contributed by atoms with Crippen molar-refractivity contribution in [1.29, 1.82) is 0 Å². The average molecular weight is 313 g/mol. The van der Waals surface area contributed by atoms with Gasteiger partial charge in [0.25, 0.3) is 6.43 Å². The number of rotatable bonds is 3. The highest BCUT2D eigenvalue weighted by Gasteiger charge is 2.36. The SMILES string of the molecule is FC(F)c1nc(C(F)(F)F)cn1Cc1ncc(Cl)cn1. The minimum absolute atomic E-state index is 0.0439. The lowest BCUT2D eigenvalue weighted by Crippen LogP contribution is -2.07. The van der Waals surface area contributed by atoms with Gasteiger partial charge in [0.05, 0.1) is 11.6 Å². The Morgan fingerprint density at radius 1 is 1.20 bits per heavy atom. The molecule has 0 radical (unpaired) electrons. The maximum Gasteiger partial charge on any atom is 0.434 e. The van der Waals surface area contributed by atoms with Crippen LogP contribution in [0.3, 0.4) is 0 Å². The van der Waals surface area contributed by atoms with Gasteiger partial charge in [0.1, 0.15) is 5.82 Å². The standard InChI is InChI=1S/C10H6ClF5N4/c11-5-1-17-7(18-2-5)4-20-3-6(10(14,15)16)19-9(20)8(12)13/h1-3,8H,4H2. The number of imidazole rings is 1. The van der Waals surface area contributed by atoms with E-state index < -0.39 is 24.1 Å². The summed E-state index contributed by atoms with van der Waals surface area (Å²) < 4.78 is 63.4. The Morgan fingerprint density at radius 3 is 2.30 bits per heavy atom. The highest BCUT2D eigenvalue weighted by molar-refractivity contribution is 6.30. The minimum atomic E-state index is -4.80. The molecular weight excluding hydrogens is 307 g/mol. The van der Waals surface area contributed by atoms with Crippen LogP contribution < -0.4 is 0 Å². The van der Waals surface area contributed by atoms with Crippen LogP contribution >= 0.6 is 11.6 Å². The summed E-state index contributed by atoms with van der Waals surface area (Å²) in [6, 6.07) is 0. The van der Waals surface area contributed by atoms with Gasteiger partial charge in [0, 0.05) is 18.6 Å². The second kappa shape index (κ2) is 5.31. The lowest BCUT2D eigenvalue weighted by molar-refractivity contribution is -0.141. The third-order valence-electron chi connectivity index (χ3n) is 2.28. The monoisotopic (exact) mass is 312 g/mol. The van der Waals surface area contributed by atoms with Gasteiger partial charge in [-0.2, -0.15) is 13.2 Å². The molecule has 2 aromatic heterocycles. The highest BCUT2D eigenvalue weighted by Crippen LogP contribution is 2.30. The van der Waals surface area contributed by atoms with Gasteiger partial charge in [-0.25, -0.2) is 23.7 Å².